The maximum atomic E-state index is 12.7. The van der Waals surface area contributed by atoms with E-state index in [2.05, 4.69) is 20.4 Å². The largest absolute Gasteiger partial charge is 0.389 e. The van der Waals surface area contributed by atoms with Crippen molar-refractivity contribution in [3.05, 3.63) is 34.5 Å². The van der Waals surface area contributed by atoms with Gasteiger partial charge in [-0.2, -0.15) is 32.9 Å². The van der Waals surface area contributed by atoms with Gasteiger partial charge in [0.05, 0.1) is 17.1 Å². The van der Waals surface area contributed by atoms with Crippen molar-refractivity contribution in [2.24, 2.45) is 0 Å². The van der Waals surface area contributed by atoms with Gasteiger partial charge in [-0.1, -0.05) is 11.6 Å². The van der Waals surface area contributed by atoms with Crippen LogP contribution in [0.25, 0.3) is 16.9 Å². The fourth-order valence-electron chi connectivity index (χ4n) is 3.20. The van der Waals surface area contributed by atoms with Crippen LogP contribution in [0.15, 0.2) is 18.2 Å². The van der Waals surface area contributed by atoms with Crippen molar-refractivity contribution in [2.45, 2.75) is 31.9 Å². The lowest BCUT2D eigenvalue weighted by Gasteiger charge is -2.08. The normalized spacial score (nSPS) is 16.5. The molecule has 1 aliphatic heterocycles. The number of alkyl halides is 3. The number of carbonyl (C=O) groups is 1. The number of nitrogens with zero attached hydrogens (tertiary/aromatic N) is 4. The van der Waals surface area contributed by atoms with E-state index in [0.717, 1.165) is 0 Å². The van der Waals surface area contributed by atoms with Crippen LogP contribution in [-0.2, 0) is 11.2 Å². The summed E-state index contributed by atoms with van der Waals surface area (Å²) >= 11 is 6.01. The van der Waals surface area contributed by atoms with Crippen LogP contribution in [0.2, 0.25) is 5.02 Å². The van der Waals surface area contributed by atoms with Crippen LogP contribution in [-0.4, -0.2) is 31.8 Å². The van der Waals surface area contributed by atoms with Gasteiger partial charge in [-0.25, -0.2) is 0 Å². The maximum Gasteiger partial charge on any atom is 0.389 e. The molecule has 7 nitrogen and oxygen atoms in total. The molecule has 1 atom stereocenters. The molecular weight excluding hydrogens is 397 g/mol. The monoisotopic (exact) mass is 410 g/mol. The molecule has 1 amide bonds. The number of nitrogens with one attached hydrogen (secondary N) is 1. The molecule has 3 heterocycles. The zero-order valence-corrected chi connectivity index (χ0v) is 15.3. The Morgan fingerprint density at radius 3 is 2.79 bits per heavy atom. The van der Waals surface area contributed by atoms with Crippen LogP contribution in [0, 0.1) is 0 Å². The van der Waals surface area contributed by atoms with Crippen LogP contribution in [0.5, 0.6) is 0 Å². The van der Waals surface area contributed by atoms with E-state index in [9.17, 15) is 18.0 Å². The van der Waals surface area contributed by atoms with Crippen LogP contribution in [0.4, 0.5) is 24.8 Å². The zero-order valence-electron chi connectivity index (χ0n) is 14.5. The Bertz CT molecular complexity index is 1110. The number of nitrogen functional groups attached to an aromatic ring is 1. The van der Waals surface area contributed by atoms with Gasteiger partial charge in [-0.3, -0.25) is 4.79 Å². The molecule has 3 N–H and O–H groups in total. The number of fused-ring (bicyclic) bond motifs is 2. The number of hydrogen-bond donors (Lipinski definition) is 2. The number of halogens is 4. The Kier molecular flexibility index (Phi) is 4.18. The summed E-state index contributed by atoms with van der Waals surface area (Å²) in [5.74, 6) is -0.304. The summed E-state index contributed by atoms with van der Waals surface area (Å²) in [7, 11) is 0. The van der Waals surface area contributed by atoms with Gasteiger partial charge >= 0.3 is 6.18 Å². The Morgan fingerprint density at radius 1 is 1.32 bits per heavy atom. The number of hydrogen-bond acceptors (Lipinski definition) is 5. The van der Waals surface area contributed by atoms with Crippen molar-refractivity contribution in [1.29, 1.82) is 0 Å². The smallest absolute Gasteiger partial charge is 0.383 e. The molecule has 0 saturated heterocycles. The van der Waals surface area contributed by atoms with Gasteiger partial charge in [-0.15, -0.1) is 0 Å². The number of carbonyl (C=O) groups excluding carboxylic acids is 1. The third-order valence-corrected chi connectivity index (χ3v) is 4.82. The SMILES string of the molecule is CC1C(=O)Nc2nc(-n3nc(CCC(F)(F)F)c4cc(Cl)ccc43)nc(N)c21. The van der Waals surface area contributed by atoms with Gasteiger partial charge in [0.1, 0.15) is 11.6 Å². The highest BCUT2D eigenvalue weighted by Gasteiger charge is 2.32. The molecule has 0 saturated carbocycles. The van der Waals surface area contributed by atoms with E-state index in [1.165, 1.54) is 4.68 Å². The summed E-state index contributed by atoms with van der Waals surface area (Å²) in [6.07, 6.45) is -5.66. The number of aryl methyl sites for hydroxylation is 1. The standard InChI is InChI=1S/C17H14ClF3N6O/c1-7-12-13(22)23-16(25-14(12)24-15(7)28)27-11-3-2-8(18)6-9(11)10(26-27)4-5-17(19,20)21/h2-3,6-7H,4-5H2,1H3,(H3,22,23,24,25,28). The first-order valence-electron chi connectivity index (χ1n) is 8.36. The lowest BCUT2D eigenvalue weighted by molar-refractivity contribution is -0.134. The predicted octanol–water partition coefficient (Wildman–Crippen LogP) is 3.60. The van der Waals surface area contributed by atoms with Gasteiger partial charge in [0.25, 0.3) is 5.95 Å². The maximum absolute atomic E-state index is 12.7. The number of rotatable bonds is 3. The fraction of sp³-hybridized carbons (Fsp3) is 0.294. The van der Waals surface area contributed by atoms with Crippen molar-refractivity contribution in [3.8, 4) is 5.95 Å². The summed E-state index contributed by atoms with van der Waals surface area (Å²) < 4.78 is 39.4. The second kappa shape index (κ2) is 6.33. The first-order valence-corrected chi connectivity index (χ1v) is 8.74. The van der Waals surface area contributed by atoms with Gasteiger partial charge < -0.3 is 11.1 Å². The summed E-state index contributed by atoms with van der Waals surface area (Å²) in [5.41, 5.74) is 7.19. The van der Waals surface area contributed by atoms with E-state index >= 15 is 0 Å². The van der Waals surface area contributed by atoms with Gasteiger partial charge in [0, 0.05) is 28.8 Å². The molecule has 1 aromatic carbocycles. The molecule has 28 heavy (non-hydrogen) atoms. The Hall–Kier alpha value is -2.88. The number of amides is 1. The predicted molar refractivity (Wildman–Crippen MR) is 97.5 cm³/mol. The summed E-state index contributed by atoms with van der Waals surface area (Å²) in [5, 5.41) is 7.74. The number of nitrogens with two attached hydrogens (primary N) is 1. The van der Waals surface area contributed by atoms with Crippen molar-refractivity contribution >= 4 is 40.0 Å². The summed E-state index contributed by atoms with van der Waals surface area (Å²) in [4.78, 5) is 20.4. The molecule has 1 aliphatic rings. The molecule has 0 radical (unpaired) electrons. The number of anilines is 2. The lowest BCUT2D eigenvalue weighted by Crippen LogP contribution is -2.10. The average Bonchev–Trinajstić information content (AvgIpc) is 3.10. The van der Waals surface area contributed by atoms with E-state index in [4.69, 9.17) is 17.3 Å². The second-order valence-corrected chi connectivity index (χ2v) is 6.95. The van der Waals surface area contributed by atoms with Crippen molar-refractivity contribution < 1.29 is 18.0 Å². The first-order chi connectivity index (χ1) is 13.1. The van der Waals surface area contributed by atoms with Crippen LogP contribution < -0.4 is 11.1 Å². The van der Waals surface area contributed by atoms with E-state index < -0.39 is 18.5 Å². The number of benzene rings is 1. The second-order valence-electron chi connectivity index (χ2n) is 6.52. The first kappa shape index (κ1) is 18.5. The highest BCUT2D eigenvalue weighted by molar-refractivity contribution is 6.31. The van der Waals surface area contributed by atoms with E-state index in [1.807, 2.05) is 0 Å². The summed E-state index contributed by atoms with van der Waals surface area (Å²) in [6.45, 7) is 1.68. The van der Waals surface area contributed by atoms with Gasteiger partial charge in [-0.05, 0) is 25.1 Å². The third-order valence-electron chi connectivity index (χ3n) is 4.58. The molecule has 2 aromatic heterocycles. The molecule has 11 heteroatoms. The molecular formula is C17H14ClF3N6O. The molecule has 1 unspecified atom stereocenters. The Morgan fingerprint density at radius 2 is 2.07 bits per heavy atom. The van der Waals surface area contributed by atoms with Gasteiger partial charge in [0.2, 0.25) is 5.91 Å². The highest BCUT2D eigenvalue weighted by atomic mass is 35.5. The minimum atomic E-state index is -4.32. The molecule has 0 fully saturated rings. The molecule has 0 spiro atoms. The Labute approximate surface area is 161 Å². The van der Waals surface area contributed by atoms with E-state index in [1.54, 1.807) is 25.1 Å². The van der Waals surface area contributed by atoms with Crippen LogP contribution >= 0.6 is 11.6 Å². The lowest BCUT2D eigenvalue weighted by atomic mass is 10.1. The minimum Gasteiger partial charge on any atom is -0.383 e. The van der Waals surface area contributed by atoms with Crippen LogP contribution in [0.1, 0.15) is 30.5 Å². The van der Waals surface area contributed by atoms with Crippen molar-refractivity contribution in [2.75, 3.05) is 11.1 Å². The molecule has 4 rings (SSSR count). The Balaban J connectivity index is 1.85. The van der Waals surface area contributed by atoms with E-state index in [0.29, 0.717) is 21.5 Å². The molecule has 0 bridgehead atoms. The molecule has 146 valence electrons. The average molecular weight is 411 g/mol. The topological polar surface area (TPSA) is 98.7 Å². The molecule has 0 aliphatic carbocycles. The molecule has 3 aromatic rings. The van der Waals surface area contributed by atoms with Crippen LogP contribution in [0.3, 0.4) is 0 Å². The minimum absolute atomic E-state index is 0.0521. The fourth-order valence-corrected chi connectivity index (χ4v) is 3.37. The third kappa shape index (κ3) is 3.13. The van der Waals surface area contributed by atoms with Crippen molar-refractivity contribution in [3.63, 3.8) is 0 Å². The quantitative estimate of drug-likeness (QED) is 0.687. The summed E-state index contributed by atoms with van der Waals surface area (Å²) in [6, 6.07) is 4.76. The number of aromatic nitrogens is 4. The van der Waals surface area contributed by atoms with E-state index in [-0.39, 0.29) is 35.6 Å². The zero-order chi connectivity index (χ0) is 20.2. The van der Waals surface area contributed by atoms with Crippen molar-refractivity contribution in [1.82, 2.24) is 19.7 Å². The highest BCUT2D eigenvalue weighted by Crippen LogP contribution is 2.35. The van der Waals surface area contributed by atoms with Gasteiger partial charge in [0.15, 0.2) is 0 Å².